The number of carbonyl (C=O) groups is 1. The first kappa shape index (κ1) is 11.6. The van der Waals surface area contributed by atoms with E-state index >= 15 is 0 Å². The van der Waals surface area contributed by atoms with Crippen molar-refractivity contribution in [2.24, 2.45) is 0 Å². The molecule has 0 bridgehead atoms. The molecule has 0 saturated carbocycles. The predicted octanol–water partition coefficient (Wildman–Crippen LogP) is -0.824. The molecule has 2 aliphatic rings. The summed E-state index contributed by atoms with van der Waals surface area (Å²) in [5, 5.41) is 11.7. The Morgan fingerprint density at radius 3 is 2.94 bits per heavy atom. The molecule has 3 atom stereocenters. The molecule has 0 aromatic heterocycles. The Hall–Kier alpha value is -0.850. The molecule has 2 saturated heterocycles. The number of nitrogens with one attached hydrogen (secondary N) is 1. The summed E-state index contributed by atoms with van der Waals surface area (Å²) >= 11 is 0. The van der Waals surface area contributed by atoms with Gasteiger partial charge in [-0.15, -0.1) is 0 Å². The monoisotopic (exact) mass is 230 g/mol. The first-order chi connectivity index (χ1) is 7.67. The molecule has 2 fully saturated rings. The number of ether oxygens (including phenoxy) is 2. The van der Waals surface area contributed by atoms with Crippen molar-refractivity contribution in [3.8, 4) is 0 Å². The van der Waals surface area contributed by atoms with E-state index in [1.165, 1.54) is 0 Å². The van der Waals surface area contributed by atoms with Crippen molar-refractivity contribution in [2.45, 2.75) is 25.2 Å². The second kappa shape index (κ2) is 4.99. The fourth-order valence-electron chi connectivity index (χ4n) is 2.21. The molecule has 2 aliphatic heterocycles. The molecule has 6 heteroatoms. The van der Waals surface area contributed by atoms with Crippen LogP contribution in [0.4, 0.5) is 4.79 Å². The quantitative estimate of drug-likeness (QED) is 0.662. The molecule has 16 heavy (non-hydrogen) atoms. The van der Waals surface area contributed by atoms with Crippen molar-refractivity contribution in [1.82, 2.24) is 10.2 Å². The Kier molecular flexibility index (Phi) is 3.63. The first-order valence-electron chi connectivity index (χ1n) is 5.60. The number of carbonyl (C=O) groups excluding carboxylic acids is 1. The van der Waals surface area contributed by atoms with Crippen LogP contribution in [0.15, 0.2) is 0 Å². The van der Waals surface area contributed by atoms with Gasteiger partial charge in [0.2, 0.25) is 0 Å². The van der Waals surface area contributed by atoms with E-state index in [0.29, 0.717) is 19.6 Å². The molecule has 0 spiro atoms. The Morgan fingerprint density at radius 2 is 2.31 bits per heavy atom. The predicted molar refractivity (Wildman–Crippen MR) is 56.1 cm³/mol. The molecule has 0 radical (unpaired) electrons. The van der Waals surface area contributed by atoms with Crippen molar-refractivity contribution in [2.75, 3.05) is 32.8 Å². The number of aliphatic hydroxyl groups is 1. The van der Waals surface area contributed by atoms with E-state index < -0.39 is 0 Å². The van der Waals surface area contributed by atoms with Crippen LogP contribution >= 0.6 is 0 Å². The van der Waals surface area contributed by atoms with E-state index in [1.54, 1.807) is 0 Å². The summed E-state index contributed by atoms with van der Waals surface area (Å²) in [4.78, 5) is 13.0. The van der Waals surface area contributed by atoms with Crippen LogP contribution in [-0.4, -0.2) is 67.2 Å². The SMILES string of the molecule is CC1CN(CC2CNC(=O)O2)CC(CO)O1. The van der Waals surface area contributed by atoms with Crippen molar-refractivity contribution in [3.63, 3.8) is 0 Å². The van der Waals surface area contributed by atoms with Crippen LogP contribution in [0, 0.1) is 0 Å². The molecule has 0 aromatic rings. The molecule has 0 aliphatic carbocycles. The van der Waals surface area contributed by atoms with E-state index in [9.17, 15) is 4.79 Å². The number of morpholine rings is 1. The normalized spacial score (nSPS) is 35.9. The van der Waals surface area contributed by atoms with Crippen LogP contribution in [0.3, 0.4) is 0 Å². The van der Waals surface area contributed by atoms with E-state index in [-0.39, 0.29) is 31.0 Å². The second-order valence-electron chi connectivity index (χ2n) is 4.38. The van der Waals surface area contributed by atoms with E-state index in [1.807, 2.05) is 6.92 Å². The average Bonchev–Trinajstić information content (AvgIpc) is 2.63. The minimum Gasteiger partial charge on any atom is -0.443 e. The van der Waals surface area contributed by atoms with Crippen molar-refractivity contribution < 1.29 is 19.4 Å². The minimum absolute atomic E-state index is 0.0313. The third kappa shape index (κ3) is 2.84. The highest BCUT2D eigenvalue weighted by molar-refractivity contribution is 5.69. The van der Waals surface area contributed by atoms with Gasteiger partial charge in [0.1, 0.15) is 6.10 Å². The van der Waals surface area contributed by atoms with Gasteiger partial charge >= 0.3 is 6.09 Å². The van der Waals surface area contributed by atoms with Crippen molar-refractivity contribution in [1.29, 1.82) is 0 Å². The van der Waals surface area contributed by atoms with Gasteiger partial charge in [0.15, 0.2) is 0 Å². The molecule has 2 heterocycles. The molecule has 92 valence electrons. The van der Waals surface area contributed by atoms with Crippen molar-refractivity contribution in [3.05, 3.63) is 0 Å². The average molecular weight is 230 g/mol. The van der Waals surface area contributed by atoms with E-state index in [4.69, 9.17) is 14.6 Å². The molecular weight excluding hydrogens is 212 g/mol. The Bertz CT molecular complexity index is 261. The largest absolute Gasteiger partial charge is 0.443 e. The summed E-state index contributed by atoms with van der Waals surface area (Å²) in [6.45, 7) is 4.77. The summed E-state index contributed by atoms with van der Waals surface area (Å²) in [5.74, 6) is 0. The number of amides is 1. The molecule has 6 nitrogen and oxygen atoms in total. The van der Waals surface area contributed by atoms with Gasteiger partial charge in [-0.3, -0.25) is 4.90 Å². The zero-order chi connectivity index (χ0) is 11.5. The van der Waals surface area contributed by atoms with Gasteiger partial charge in [-0.25, -0.2) is 4.79 Å². The molecule has 2 N–H and O–H groups in total. The summed E-state index contributed by atoms with van der Waals surface area (Å²) in [7, 11) is 0. The van der Waals surface area contributed by atoms with Gasteiger partial charge in [0.05, 0.1) is 25.4 Å². The number of aliphatic hydroxyl groups excluding tert-OH is 1. The maximum Gasteiger partial charge on any atom is 0.407 e. The smallest absolute Gasteiger partial charge is 0.407 e. The van der Waals surface area contributed by atoms with Crippen LogP contribution in [0.2, 0.25) is 0 Å². The van der Waals surface area contributed by atoms with Crippen LogP contribution < -0.4 is 5.32 Å². The number of cyclic esters (lactones) is 1. The molecule has 2 rings (SSSR count). The summed E-state index contributed by atoms with van der Waals surface area (Å²) < 4.78 is 10.6. The third-order valence-corrected chi connectivity index (χ3v) is 2.82. The highest BCUT2D eigenvalue weighted by atomic mass is 16.6. The molecule has 3 unspecified atom stereocenters. The van der Waals surface area contributed by atoms with Crippen LogP contribution in [0.5, 0.6) is 0 Å². The first-order valence-corrected chi connectivity index (χ1v) is 5.60. The van der Waals surface area contributed by atoms with Gasteiger partial charge in [0, 0.05) is 19.6 Å². The maximum atomic E-state index is 10.9. The molecule has 1 amide bonds. The standard InChI is InChI=1S/C10H18N2O4/c1-7-3-12(5-9(6-13)15-7)4-8-2-11-10(14)16-8/h7-9,13H,2-6H2,1H3,(H,11,14). The topological polar surface area (TPSA) is 71.0 Å². The Labute approximate surface area is 94.5 Å². The second-order valence-corrected chi connectivity index (χ2v) is 4.38. The van der Waals surface area contributed by atoms with Crippen LogP contribution in [0.1, 0.15) is 6.92 Å². The lowest BCUT2D eigenvalue weighted by molar-refractivity contribution is -0.0999. The number of hydrogen-bond donors (Lipinski definition) is 2. The summed E-state index contributed by atoms with van der Waals surface area (Å²) in [6.07, 6.45) is -0.452. The van der Waals surface area contributed by atoms with Gasteiger partial charge in [-0.1, -0.05) is 0 Å². The fraction of sp³-hybridized carbons (Fsp3) is 0.900. The number of nitrogens with zero attached hydrogens (tertiary/aromatic N) is 1. The number of alkyl carbamates (subject to hydrolysis) is 1. The zero-order valence-electron chi connectivity index (χ0n) is 9.39. The van der Waals surface area contributed by atoms with Gasteiger partial charge < -0.3 is 19.9 Å². The lowest BCUT2D eigenvalue weighted by Gasteiger charge is -2.36. The zero-order valence-corrected chi connectivity index (χ0v) is 9.39. The van der Waals surface area contributed by atoms with Gasteiger partial charge in [-0.2, -0.15) is 0 Å². The minimum atomic E-state index is -0.343. The highest BCUT2D eigenvalue weighted by Gasteiger charge is 2.30. The number of rotatable bonds is 3. The van der Waals surface area contributed by atoms with E-state index in [2.05, 4.69) is 10.2 Å². The van der Waals surface area contributed by atoms with Crippen molar-refractivity contribution >= 4 is 6.09 Å². The molecule has 0 aromatic carbocycles. The Morgan fingerprint density at radius 1 is 1.50 bits per heavy atom. The van der Waals surface area contributed by atoms with Crippen LogP contribution in [-0.2, 0) is 9.47 Å². The van der Waals surface area contributed by atoms with E-state index in [0.717, 1.165) is 6.54 Å². The number of hydrogen-bond acceptors (Lipinski definition) is 5. The third-order valence-electron chi connectivity index (χ3n) is 2.82. The highest BCUT2D eigenvalue weighted by Crippen LogP contribution is 2.12. The maximum absolute atomic E-state index is 10.9. The lowest BCUT2D eigenvalue weighted by atomic mass is 10.2. The Balaban J connectivity index is 1.82. The fourth-order valence-corrected chi connectivity index (χ4v) is 2.21. The van der Waals surface area contributed by atoms with Crippen LogP contribution in [0.25, 0.3) is 0 Å². The summed E-state index contributed by atoms with van der Waals surface area (Å²) in [6, 6.07) is 0. The van der Waals surface area contributed by atoms with Gasteiger partial charge in [-0.05, 0) is 6.92 Å². The lowest BCUT2D eigenvalue weighted by Crippen LogP contribution is -2.50. The molecular formula is C10H18N2O4. The van der Waals surface area contributed by atoms with Gasteiger partial charge in [0.25, 0.3) is 0 Å². The summed E-state index contributed by atoms with van der Waals surface area (Å²) in [5.41, 5.74) is 0.